The summed E-state index contributed by atoms with van der Waals surface area (Å²) in [5.41, 5.74) is 1.22. The third-order valence-electron chi connectivity index (χ3n) is 2.63. The molecular formula is C13H20ClNO. The number of ether oxygens (including phenoxy) is 1. The van der Waals surface area contributed by atoms with Gasteiger partial charge in [-0.05, 0) is 37.1 Å². The van der Waals surface area contributed by atoms with Crippen molar-refractivity contribution in [1.29, 1.82) is 0 Å². The van der Waals surface area contributed by atoms with Crippen LogP contribution in [0.15, 0.2) is 18.2 Å². The van der Waals surface area contributed by atoms with Gasteiger partial charge in [-0.25, -0.2) is 0 Å². The molecule has 0 aliphatic carbocycles. The Morgan fingerprint density at radius 3 is 2.56 bits per heavy atom. The molecule has 0 amide bonds. The molecule has 1 unspecified atom stereocenters. The van der Waals surface area contributed by atoms with Crippen LogP contribution in [0.25, 0.3) is 0 Å². The third kappa shape index (κ3) is 3.39. The zero-order valence-corrected chi connectivity index (χ0v) is 11.1. The summed E-state index contributed by atoms with van der Waals surface area (Å²) in [6.07, 6.45) is 1.10. The number of methoxy groups -OCH3 is 1. The van der Waals surface area contributed by atoms with Crippen LogP contribution < -0.4 is 10.1 Å². The van der Waals surface area contributed by atoms with Crippen LogP contribution in [0.4, 0.5) is 0 Å². The molecule has 0 aliphatic rings. The predicted molar refractivity (Wildman–Crippen MR) is 69.3 cm³/mol. The quantitative estimate of drug-likeness (QED) is 0.850. The Bertz CT molecular complexity index is 339. The van der Waals surface area contributed by atoms with Crippen molar-refractivity contribution in [3.63, 3.8) is 0 Å². The lowest BCUT2D eigenvalue weighted by Gasteiger charge is -2.19. The van der Waals surface area contributed by atoms with Gasteiger partial charge in [0.05, 0.1) is 12.1 Å². The SMILES string of the molecule is CNC(CC(C)C)c1ccc(Cl)c(OC)c1. The molecule has 1 N–H and O–H groups in total. The van der Waals surface area contributed by atoms with E-state index >= 15 is 0 Å². The van der Waals surface area contributed by atoms with Gasteiger partial charge in [-0.15, -0.1) is 0 Å². The zero-order chi connectivity index (χ0) is 12.1. The molecule has 0 radical (unpaired) electrons. The van der Waals surface area contributed by atoms with Gasteiger partial charge in [0.15, 0.2) is 0 Å². The molecule has 3 heteroatoms. The van der Waals surface area contributed by atoms with Crippen LogP contribution in [0.3, 0.4) is 0 Å². The van der Waals surface area contributed by atoms with Crippen molar-refractivity contribution in [3.05, 3.63) is 28.8 Å². The monoisotopic (exact) mass is 241 g/mol. The van der Waals surface area contributed by atoms with Crippen LogP contribution in [0.2, 0.25) is 5.02 Å². The molecule has 16 heavy (non-hydrogen) atoms. The van der Waals surface area contributed by atoms with Gasteiger partial charge in [0.25, 0.3) is 0 Å². The van der Waals surface area contributed by atoms with Gasteiger partial charge < -0.3 is 10.1 Å². The van der Waals surface area contributed by atoms with Crippen molar-refractivity contribution in [2.45, 2.75) is 26.3 Å². The minimum absolute atomic E-state index is 0.353. The summed E-state index contributed by atoms with van der Waals surface area (Å²) < 4.78 is 5.23. The van der Waals surface area contributed by atoms with Gasteiger partial charge >= 0.3 is 0 Å². The smallest absolute Gasteiger partial charge is 0.137 e. The molecular weight excluding hydrogens is 222 g/mol. The first kappa shape index (κ1) is 13.3. The van der Waals surface area contributed by atoms with Crippen LogP contribution in [0.5, 0.6) is 5.75 Å². The van der Waals surface area contributed by atoms with E-state index in [1.54, 1.807) is 7.11 Å². The van der Waals surface area contributed by atoms with E-state index < -0.39 is 0 Å². The topological polar surface area (TPSA) is 21.3 Å². The molecule has 1 rings (SSSR count). The number of hydrogen-bond donors (Lipinski definition) is 1. The van der Waals surface area contributed by atoms with Gasteiger partial charge in [0.1, 0.15) is 5.75 Å². The van der Waals surface area contributed by atoms with Crippen molar-refractivity contribution in [2.24, 2.45) is 5.92 Å². The summed E-state index contributed by atoms with van der Waals surface area (Å²) in [6.45, 7) is 4.44. The Kier molecular flexibility index (Phi) is 5.10. The molecule has 90 valence electrons. The minimum Gasteiger partial charge on any atom is -0.495 e. The summed E-state index contributed by atoms with van der Waals surface area (Å²) in [5.74, 6) is 1.39. The van der Waals surface area contributed by atoms with E-state index in [0.717, 1.165) is 12.2 Å². The van der Waals surface area contributed by atoms with Crippen molar-refractivity contribution in [2.75, 3.05) is 14.2 Å². The number of halogens is 1. The van der Waals surface area contributed by atoms with Crippen LogP contribution in [-0.2, 0) is 0 Å². The predicted octanol–water partition coefficient (Wildman–Crippen LogP) is 3.66. The maximum atomic E-state index is 6.00. The molecule has 0 aliphatic heterocycles. The first-order valence-corrected chi connectivity index (χ1v) is 5.97. The van der Waals surface area contributed by atoms with E-state index in [2.05, 4.69) is 25.2 Å². The number of rotatable bonds is 5. The molecule has 1 aromatic carbocycles. The second kappa shape index (κ2) is 6.12. The largest absolute Gasteiger partial charge is 0.495 e. The van der Waals surface area contributed by atoms with Gasteiger partial charge in [0, 0.05) is 6.04 Å². The highest BCUT2D eigenvalue weighted by Gasteiger charge is 2.13. The molecule has 0 saturated carbocycles. The third-order valence-corrected chi connectivity index (χ3v) is 2.95. The number of nitrogens with one attached hydrogen (secondary N) is 1. The molecule has 0 saturated heterocycles. The summed E-state index contributed by atoms with van der Waals surface area (Å²) >= 11 is 6.00. The lowest BCUT2D eigenvalue weighted by Crippen LogP contribution is -2.18. The second-order valence-corrected chi connectivity index (χ2v) is 4.77. The van der Waals surface area contributed by atoms with Gasteiger partial charge in [-0.1, -0.05) is 31.5 Å². The van der Waals surface area contributed by atoms with E-state index in [0.29, 0.717) is 17.0 Å². The van der Waals surface area contributed by atoms with Gasteiger partial charge in [-0.3, -0.25) is 0 Å². The lowest BCUT2D eigenvalue weighted by atomic mass is 9.97. The first-order valence-electron chi connectivity index (χ1n) is 5.59. The summed E-state index contributed by atoms with van der Waals surface area (Å²) in [7, 11) is 3.62. The van der Waals surface area contributed by atoms with E-state index in [-0.39, 0.29) is 0 Å². The molecule has 0 spiro atoms. The Balaban J connectivity index is 2.92. The van der Waals surface area contributed by atoms with E-state index in [1.807, 2.05) is 19.2 Å². The van der Waals surface area contributed by atoms with Gasteiger partial charge in [-0.2, -0.15) is 0 Å². The maximum Gasteiger partial charge on any atom is 0.137 e. The molecule has 0 heterocycles. The summed E-state index contributed by atoms with van der Waals surface area (Å²) in [6, 6.07) is 6.30. The highest BCUT2D eigenvalue weighted by Crippen LogP contribution is 2.29. The molecule has 2 nitrogen and oxygen atoms in total. The van der Waals surface area contributed by atoms with Gasteiger partial charge in [0.2, 0.25) is 0 Å². The van der Waals surface area contributed by atoms with Crippen molar-refractivity contribution in [1.82, 2.24) is 5.32 Å². The Morgan fingerprint density at radius 1 is 1.38 bits per heavy atom. The van der Waals surface area contributed by atoms with E-state index in [9.17, 15) is 0 Å². The van der Waals surface area contributed by atoms with E-state index in [4.69, 9.17) is 16.3 Å². The number of benzene rings is 1. The van der Waals surface area contributed by atoms with Crippen LogP contribution >= 0.6 is 11.6 Å². The molecule has 1 aromatic rings. The number of hydrogen-bond acceptors (Lipinski definition) is 2. The zero-order valence-electron chi connectivity index (χ0n) is 10.4. The fourth-order valence-corrected chi connectivity index (χ4v) is 1.98. The van der Waals surface area contributed by atoms with Crippen molar-refractivity contribution >= 4 is 11.6 Å². The van der Waals surface area contributed by atoms with Crippen molar-refractivity contribution < 1.29 is 4.74 Å². The Morgan fingerprint density at radius 2 is 2.06 bits per heavy atom. The average Bonchev–Trinajstić information content (AvgIpc) is 2.26. The Labute approximate surface area is 103 Å². The van der Waals surface area contributed by atoms with Crippen LogP contribution in [0, 0.1) is 5.92 Å². The van der Waals surface area contributed by atoms with Crippen LogP contribution in [0.1, 0.15) is 31.9 Å². The standard InChI is InChI=1S/C13H20ClNO/c1-9(2)7-12(15-3)10-5-6-11(14)13(8-10)16-4/h5-6,8-9,12,15H,7H2,1-4H3. The highest BCUT2D eigenvalue weighted by molar-refractivity contribution is 6.32. The fraction of sp³-hybridized carbons (Fsp3) is 0.538. The fourth-order valence-electron chi connectivity index (χ4n) is 1.79. The highest BCUT2D eigenvalue weighted by atomic mass is 35.5. The molecule has 0 fully saturated rings. The second-order valence-electron chi connectivity index (χ2n) is 4.36. The lowest BCUT2D eigenvalue weighted by molar-refractivity contribution is 0.411. The molecule has 0 aromatic heterocycles. The van der Waals surface area contributed by atoms with Crippen molar-refractivity contribution in [3.8, 4) is 5.75 Å². The van der Waals surface area contributed by atoms with Crippen LogP contribution in [-0.4, -0.2) is 14.2 Å². The summed E-state index contributed by atoms with van der Waals surface area (Å²) in [5, 5.41) is 3.98. The average molecular weight is 242 g/mol. The first-order chi connectivity index (χ1) is 7.58. The normalized spacial score (nSPS) is 12.9. The summed E-state index contributed by atoms with van der Waals surface area (Å²) in [4.78, 5) is 0. The maximum absolute atomic E-state index is 6.00. The Hall–Kier alpha value is -0.730. The molecule has 0 bridgehead atoms. The minimum atomic E-state index is 0.353. The van der Waals surface area contributed by atoms with E-state index in [1.165, 1.54) is 5.56 Å². The molecule has 1 atom stereocenters.